The summed E-state index contributed by atoms with van der Waals surface area (Å²) in [5.74, 6) is 0.697. The Kier molecular flexibility index (Phi) is 8.21. The second-order valence-corrected chi connectivity index (χ2v) is 6.40. The normalized spacial score (nSPS) is 18.0. The zero-order chi connectivity index (χ0) is 17.9. The summed E-state index contributed by atoms with van der Waals surface area (Å²) in [6.07, 6.45) is 0.559. The molecule has 2 atom stereocenters. The summed E-state index contributed by atoms with van der Waals surface area (Å²) < 4.78 is 5.59. The van der Waals surface area contributed by atoms with Gasteiger partial charge in [-0.3, -0.25) is 9.80 Å². The third-order valence-corrected chi connectivity index (χ3v) is 4.39. The van der Waals surface area contributed by atoms with Crippen LogP contribution in [0.1, 0.15) is 12.8 Å². The van der Waals surface area contributed by atoms with Gasteiger partial charge < -0.3 is 9.84 Å². The SMILES string of the molecule is N#CCC[C@@H](C#N)CN1CCN(C[C@@H](O)COc2ccccc2)CC1. The molecule has 0 radical (unpaired) electrons. The van der Waals surface area contributed by atoms with Crippen LogP contribution in [-0.4, -0.2) is 66.9 Å². The van der Waals surface area contributed by atoms with E-state index in [1.807, 2.05) is 30.3 Å². The van der Waals surface area contributed by atoms with Crippen molar-refractivity contribution in [2.45, 2.75) is 18.9 Å². The first-order valence-corrected chi connectivity index (χ1v) is 8.78. The molecule has 1 aromatic rings. The zero-order valence-electron chi connectivity index (χ0n) is 14.5. The molecule has 1 N–H and O–H groups in total. The monoisotopic (exact) mass is 342 g/mol. The maximum atomic E-state index is 10.2. The third-order valence-electron chi connectivity index (χ3n) is 4.39. The van der Waals surface area contributed by atoms with Gasteiger partial charge in [0, 0.05) is 45.7 Å². The van der Waals surface area contributed by atoms with E-state index in [9.17, 15) is 5.11 Å². The minimum Gasteiger partial charge on any atom is -0.491 e. The van der Waals surface area contributed by atoms with E-state index in [1.165, 1.54) is 0 Å². The Morgan fingerprint density at radius 3 is 2.28 bits per heavy atom. The summed E-state index contributed by atoms with van der Waals surface area (Å²) in [7, 11) is 0. The molecule has 134 valence electrons. The van der Waals surface area contributed by atoms with Crippen LogP contribution in [0.5, 0.6) is 5.75 Å². The number of nitrogens with zero attached hydrogens (tertiary/aromatic N) is 4. The number of aliphatic hydroxyl groups excluding tert-OH is 1. The van der Waals surface area contributed by atoms with E-state index < -0.39 is 6.10 Å². The van der Waals surface area contributed by atoms with Gasteiger partial charge in [0.1, 0.15) is 18.5 Å². The van der Waals surface area contributed by atoms with Gasteiger partial charge in [0.05, 0.1) is 18.1 Å². The van der Waals surface area contributed by atoms with E-state index in [0.717, 1.165) is 38.5 Å². The van der Waals surface area contributed by atoms with Crippen LogP contribution in [0.3, 0.4) is 0 Å². The van der Waals surface area contributed by atoms with Crippen molar-refractivity contribution in [2.75, 3.05) is 45.9 Å². The highest BCUT2D eigenvalue weighted by Crippen LogP contribution is 2.12. The second kappa shape index (κ2) is 10.7. The first kappa shape index (κ1) is 19.2. The van der Waals surface area contributed by atoms with Gasteiger partial charge in [0.25, 0.3) is 0 Å². The van der Waals surface area contributed by atoms with Gasteiger partial charge in [-0.1, -0.05) is 18.2 Å². The predicted molar refractivity (Wildman–Crippen MR) is 94.8 cm³/mol. The molecule has 0 aliphatic carbocycles. The number of para-hydroxylation sites is 1. The lowest BCUT2D eigenvalue weighted by atomic mass is 10.0. The average Bonchev–Trinajstić information content (AvgIpc) is 2.65. The number of ether oxygens (including phenoxy) is 1. The number of β-amino-alcohol motifs (C(OH)–C–C–N with tert-alkyl or cyclic N) is 1. The molecule has 6 nitrogen and oxygen atoms in total. The lowest BCUT2D eigenvalue weighted by Gasteiger charge is -2.36. The van der Waals surface area contributed by atoms with E-state index in [4.69, 9.17) is 15.3 Å². The van der Waals surface area contributed by atoms with Crippen molar-refractivity contribution in [3.63, 3.8) is 0 Å². The first-order valence-electron chi connectivity index (χ1n) is 8.78. The molecule has 0 bridgehead atoms. The van der Waals surface area contributed by atoms with Gasteiger partial charge in [0.2, 0.25) is 0 Å². The molecular weight excluding hydrogens is 316 g/mol. The topological polar surface area (TPSA) is 83.5 Å². The van der Waals surface area contributed by atoms with Crippen molar-refractivity contribution in [3.05, 3.63) is 30.3 Å². The Morgan fingerprint density at radius 1 is 1.04 bits per heavy atom. The number of piperazine rings is 1. The van der Waals surface area contributed by atoms with Crippen LogP contribution < -0.4 is 4.74 Å². The van der Waals surface area contributed by atoms with Crippen LogP contribution in [0.2, 0.25) is 0 Å². The molecule has 25 heavy (non-hydrogen) atoms. The standard InChI is InChI=1S/C19H26N4O2/c20-8-4-5-17(13-21)14-22-9-11-23(12-10-22)15-18(24)16-25-19-6-2-1-3-7-19/h1-3,6-7,17-18,24H,4-5,9-12,14-16H2/t17-,18+/m0/s1. The fourth-order valence-corrected chi connectivity index (χ4v) is 2.96. The van der Waals surface area contributed by atoms with E-state index in [-0.39, 0.29) is 12.5 Å². The number of hydrogen-bond acceptors (Lipinski definition) is 6. The van der Waals surface area contributed by atoms with E-state index in [2.05, 4.69) is 21.9 Å². The molecule has 1 aliphatic rings. The van der Waals surface area contributed by atoms with Crippen LogP contribution >= 0.6 is 0 Å². The summed E-state index contributed by atoms with van der Waals surface area (Å²) >= 11 is 0. The highest BCUT2D eigenvalue weighted by atomic mass is 16.5. The van der Waals surface area contributed by atoms with Crippen molar-refractivity contribution in [1.82, 2.24) is 9.80 Å². The lowest BCUT2D eigenvalue weighted by molar-refractivity contribution is 0.0442. The second-order valence-electron chi connectivity index (χ2n) is 6.40. The van der Waals surface area contributed by atoms with Gasteiger partial charge in [-0.15, -0.1) is 0 Å². The molecule has 0 aromatic heterocycles. The van der Waals surface area contributed by atoms with Gasteiger partial charge >= 0.3 is 0 Å². The molecule has 1 aliphatic heterocycles. The average molecular weight is 342 g/mol. The summed E-state index contributed by atoms with van der Waals surface area (Å²) in [4.78, 5) is 4.50. The summed E-state index contributed by atoms with van der Waals surface area (Å²) in [5.41, 5.74) is 0. The molecular formula is C19H26N4O2. The van der Waals surface area contributed by atoms with Crippen LogP contribution in [0.4, 0.5) is 0 Å². The Morgan fingerprint density at radius 2 is 1.68 bits per heavy atom. The third kappa shape index (κ3) is 7.11. The Bertz CT molecular complexity index is 573. The fourth-order valence-electron chi connectivity index (χ4n) is 2.96. The summed E-state index contributed by atoms with van der Waals surface area (Å²) in [5, 5.41) is 28.0. The molecule has 1 aromatic carbocycles. The minimum atomic E-state index is -0.519. The van der Waals surface area contributed by atoms with Crippen molar-refractivity contribution in [1.29, 1.82) is 10.5 Å². The fraction of sp³-hybridized carbons (Fsp3) is 0.579. The summed E-state index contributed by atoms with van der Waals surface area (Å²) in [6, 6.07) is 13.9. The number of benzene rings is 1. The molecule has 6 heteroatoms. The number of rotatable bonds is 9. The largest absolute Gasteiger partial charge is 0.491 e. The highest BCUT2D eigenvalue weighted by molar-refractivity contribution is 5.20. The van der Waals surface area contributed by atoms with Gasteiger partial charge in [-0.05, 0) is 18.6 Å². The molecule has 0 saturated carbocycles. The number of hydrogen-bond donors (Lipinski definition) is 1. The van der Waals surface area contributed by atoms with Crippen LogP contribution in [0.15, 0.2) is 30.3 Å². The predicted octanol–water partition coefficient (Wildman–Crippen LogP) is 1.49. The minimum absolute atomic E-state index is 0.0731. The van der Waals surface area contributed by atoms with Crippen LogP contribution in [0.25, 0.3) is 0 Å². The van der Waals surface area contributed by atoms with Crippen LogP contribution in [-0.2, 0) is 0 Å². The van der Waals surface area contributed by atoms with Gasteiger partial charge in [-0.25, -0.2) is 0 Å². The highest BCUT2D eigenvalue weighted by Gasteiger charge is 2.21. The Hall–Kier alpha value is -2.12. The maximum absolute atomic E-state index is 10.2. The Balaban J connectivity index is 1.64. The van der Waals surface area contributed by atoms with Crippen molar-refractivity contribution >= 4 is 0 Å². The van der Waals surface area contributed by atoms with E-state index >= 15 is 0 Å². The molecule has 0 amide bonds. The summed E-state index contributed by atoms with van der Waals surface area (Å²) in [6.45, 7) is 5.13. The van der Waals surface area contributed by atoms with Crippen molar-refractivity contribution in [2.24, 2.45) is 5.92 Å². The lowest BCUT2D eigenvalue weighted by Crippen LogP contribution is -2.50. The Labute approximate surface area is 149 Å². The molecule has 2 rings (SSSR count). The maximum Gasteiger partial charge on any atom is 0.119 e. The zero-order valence-corrected chi connectivity index (χ0v) is 14.5. The van der Waals surface area contributed by atoms with Crippen molar-refractivity contribution in [3.8, 4) is 17.9 Å². The molecule has 1 fully saturated rings. The molecule has 1 heterocycles. The molecule has 1 saturated heterocycles. The van der Waals surface area contributed by atoms with Crippen molar-refractivity contribution < 1.29 is 9.84 Å². The molecule has 0 spiro atoms. The van der Waals surface area contributed by atoms with Gasteiger partial charge in [-0.2, -0.15) is 10.5 Å². The number of aliphatic hydroxyl groups is 1. The number of nitriles is 2. The molecule has 0 unspecified atom stereocenters. The van der Waals surface area contributed by atoms with E-state index in [0.29, 0.717) is 19.4 Å². The van der Waals surface area contributed by atoms with E-state index in [1.54, 1.807) is 0 Å². The first-order chi connectivity index (χ1) is 12.2. The quantitative estimate of drug-likeness (QED) is 0.732. The smallest absolute Gasteiger partial charge is 0.119 e. The van der Waals surface area contributed by atoms with Crippen LogP contribution in [0, 0.1) is 28.6 Å². The van der Waals surface area contributed by atoms with Gasteiger partial charge in [0.15, 0.2) is 0 Å².